The van der Waals surface area contributed by atoms with Crippen molar-refractivity contribution in [2.75, 3.05) is 0 Å². The number of carbonyl (C=O) groups excluding carboxylic acids is 2. The first-order valence-electron chi connectivity index (χ1n) is 9.64. The van der Waals surface area contributed by atoms with Gasteiger partial charge in [-0.15, -0.1) is 0 Å². The van der Waals surface area contributed by atoms with Gasteiger partial charge in [0.05, 0.1) is 6.10 Å². The molecule has 0 saturated heterocycles. The molecule has 4 nitrogen and oxygen atoms in total. The zero-order valence-corrected chi connectivity index (χ0v) is 17.4. The monoisotopic (exact) mass is 402 g/mol. The fourth-order valence-electron chi connectivity index (χ4n) is 2.70. The molecule has 5 heteroatoms. The summed E-state index contributed by atoms with van der Waals surface area (Å²) in [6, 6.07) is 14.1. The van der Waals surface area contributed by atoms with Gasteiger partial charge in [0, 0.05) is 17.0 Å². The molecule has 0 aliphatic carbocycles. The number of ketones is 1. The fourth-order valence-corrected chi connectivity index (χ4v) is 2.82. The van der Waals surface area contributed by atoms with Gasteiger partial charge in [-0.05, 0) is 68.7 Å². The van der Waals surface area contributed by atoms with Crippen LogP contribution in [-0.2, 0) is 16.0 Å². The molecule has 0 radical (unpaired) electrons. The SMILES string of the molecule is CCCCC(Oc1ccc(C(=O)Cc2ccc(Cl)cc2)cc1)C(=O)OC(C)C. The average Bonchev–Trinajstić information content (AvgIpc) is 2.66. The molecular weight excluding hydrogens is 376 g/mol. The molecule has 0 aromatic heterocycles. The van der Waals surface area contributed by atoms with E-state index in [1.54, 1.807) is 36.4 Å². The normalized spacial score (nSPS) is 11.9. The first kappa shape index (κ1) is 22.0. The van der Waals surface area contributed by atoms with Crippen LogP contribution in [0.15, 0.2) is 48.5 Å². The first-order chi connectivity index (χ1) is 13.4. The van der Waals surface area contributed by atoms with Crippen molar-refractivity contribution in [1.29, 1.82) is 0 Å². The van der Waals surface area contributed by atoms with E-state index in [2.05, 4.69) is 6.92 Å². The van der Waals surface area contributed by atoms with Crippen molar-refractivity contribution < 1.29 is 19.1 Å². The number of esters is 1. The maximum atomic E-state index is 12.5. The van der Waals surface area contributed by atoms with E-state index in [1.807, 2.05) is 26.0 Å². The van der Waals surface area contributed by atoms with Crippen LogP contribution in [0.25, 0.3) is 0 Å². The maximum absolute atomic E-state index is 12.5. The molecule has 2 aromatic carbocycles. The van der Waals surface area contributed by atoms with Gasteiger partial charge in [0.1, 0.15) is 5.75 Å². The largest absolute Gasteiger partial charge is 0.479 e. The molecule has 1 atom stereocenters. The summed E-state index contributed by atoms with van der Waals surface area (Å²) in [7, 11) is 0. The van der Waals surface area contributed by atoms with E-state index < -0.39 is 6.10 Å². The summed E-state index contributed by atoms with van der Waals surface area (Å²) >= 11 is 5.87. The summed E-state index contributed by atoms with van der Waals surface area (Å²) in [6.45, 7) is 5.69. The van der Waals surface area contributed by atoms with Crippen LogP contribution >= 0.6 is 11.6 Å². The van der Waals surface area contributed by atoms with Crippen LogP contribution in [0.1, 0.15) is 56.0 Å². The number of Topliss-reactive ketones (excluding diaryl/α,β-unsaturated/α-hetero) is 1. The second kappa shape index (κ2) is 10.9. The van der Waals surface area contributed by atoms with E-state index in [-0.39, 0.29) is 17.9 Å². The molecule has 0 saturated carbocycles. The molecule has 2 rings (SSSR count). The Morgan fingerprint density at radius 3 is 2.21 bits per heavy atom. The Kier molecular flexibility index (Phi) is 8.52. The molecule has 0 bridgehead atoms. The number of benzene rings is 2. The molecule has 150 valence electrons. The highest BCUT2D eigenvalue weighted by molar-refractivity contribution is 6.30. The summed E-state index contributed by atoms with van der Waals surface area (Å²) < 4.78 is 11.1. The predicted molar refractivity (Wildman–Crippen MR) is 111 cm³/mol. The van der Waals surface area contributed by atoms with Gasteiger partial charge in [-0.25, -0.2) is 4.79 Å². The van der Waals surface area contributed by atoms with Crippen LogP contribution in [0, 0.1) is 0 Å². The van der Waals surface area contributed by atoms with Gasteiger partial charge in [0.25, 0.3) is 0 Å². The second-order valence-corrected chi connectivity index (χ2v) is 7.42. The van der Waals surface area contributed by atoms with E-state index in [4.69, 9.17) is 21.1 Å². The third-order valence-corrected chi connectivity index (χ3v) is 4.42. The third kappa shape index (κ3) is 7.01. The Labute approximate surface area is 171 Å². The van der Waals surface area contributed by atoms with Gasteiger partial charge >= 0.3 is 5.97 Å². The Bertz CT molecular complexity index is 766. The minimum atomic E-state index is -0.641. The fraction of sp³-hybridized carbons (Fsp3) is 0.391. The molecule has 1 unspecified atom stereocenters. The van der Waals surface area contributed by atoms with Gasteiger partial charge < -0.3 is 9.47 Å². The van der Waals surface area contributed by atoms with Gasteiger partial charge in [-0.1, -0.05) is 37.1 Å². The summed E-state index contributed by atoms with van der Waals surface area (Å²) in [4.78, 5) is 24.7. The van der Waals surface area contributed by atoms with Crippen molar-refractivity contribution in [2.45, 2.75) is 58.7 Å². The molecule has 0 N–H and O–H groups in total. The number of hydrogen-bond donors (Lipinski definition) is 0. The van der Waals surface area contributed by atoms with Crippen molar-refractivity contribution in [2.24, 2.45) is 0 Å². The van der Waals surface area contributed by atoms with E-state index in [0.717, 1.165) is 18.4 Å². The van der Waals surface area contributed by atoms with E-state index in [9.17, 15) is 9.59 Å². The number of hydrogen-bond acceptors (Lipinski definition) is 4. The Balaban J connectivity index is 2.01. The van der Waals surface area contributed by atoms with E-state index in [0.29, 0.717) is 29.2 Å². The molecular formula is C23H27ClO4. The lowest BCUT2D eigenvalue weighted by molar-refractivity contribution is -0.156. The highest BCUT2D eigenvalue weighted by atomic mass is 35.5. The molecule has 0 aliphatic rings. The number of unbranched alkanes of at least 4 members (excludes halogenated alkanes) is 1. The van der Waals surface area contributed by atoms with Crippen LogP contribution in [-0.4, -0.2) is 24.0 Å². The summed E-state index contributed by atoms with van der Waals surface area (Å²) in [5.74, 6) is 0.201. The Morgan fingerprint density at radius 2 is 1.64 bits per heavy atom. The minimum Gasteiger partial charge on any atom is -0.479 e. The first-order valence-corrected chi connectivity index (χ1v) is 10.0. The van der Waals surface area contributed by atoms with Crippen LogP contribution in [0.5, 0.6) is 5.75 Å². The second-order valence-electron chi connectivity index (χ2n) is 6.99. The summed E-state index contributed by atoms with van der Waals surface area (Å²) in [5, 5.41) is 0.645. The molecule has 0 heterocycles. The Morgan fingerprint density at radius 1 is 1.00 bits per heavy atom. The molecule has 2 aromatic rings. The summed E-state index contributed by atoms with van der Waals surface area (Å²) in [5.41, 5.74) is 1.50. The van der Waals surface area contributed by atoms with E-state index in [1.165, 1.54) is 0 Å². The lowest BCUT2D eigenvalue weighted by atomic mass is 10.0. The smallest absolute Gasteiger partial charge is 0.347 e. The Hall–Kier alpha value is -2.33. The highest BCUT2D eigenvalue weighted by Crippen LogP contribution is 2.19. The number of rotatable bonds is 10. The maximum Gasteiger partial charge on any atom is 0.347 e. The zero-order valence-electron chi connectivity index (χ0n) is 16.6. The molecule has 0 fully saturated rings. The van der Waals surface area contributed by atoms with E-state index >= 15 is 0 Å². The summed E-state index contributed by atoms with van der Waals surface area (Å²) in [6.07, 6.45) is 1.91. The quantitative estimate of drug-likeness (QED) is 0.380. The van der Waals surface area contributed by atoms with Crippen molar-refractivity contribution in [1.82, 2.24) is 0 Å². The molecule has 0 amide bonds. The van der Waals surface area contributed by atoms with Crippen molar-refractivity contribution >= 4 is 23.4 Å². The lowest BCUT2D eigenvalue weighted by Gasteiger charge is -2.19. The molecule has 0 aliphatic heterocycles. The average molecular weight is 403 g/mol. The van der Waals surface area contributed by atoms with Crippen molar-refractivity contribution in [3.8, 4) is 5.75 Å². The van der Waals surface area contributed by atoms with Crippen LogP contribution < -0.4 is 4.74 Å². The topological polar surface area (TPSA) is 52.6 Å². The van der Waals surface area contributed by atoms with Gasteiger partial charge in [-0.2, -0.15) is 0 Å². The van der Waals surface area contributed by atoms with Crippen LogP contribution in [0.4, 0.5) is 0 Å². The lowest BCUT2D eigenvalue weighted by Crippen LogP contribution is -2.31. The van der Waals surface area contributed by atoms with Gasteiger partial charge in [0.2, 0.25) is 0 Å². The minimum absolute atomic E-state index is 0.00984. The number of ether oxygens (including phenoxy) is 2. The zero-order chi connectivity index (χ0) is 20.5. The number of halogens is 1. The standard InChI is InChI=1S/C23H27ClO4/c1-4-5-6-22(23(26)27-16(2)3)28-20-13-9-18(10-14-20)21(25)15-17-7-11-19(24)12-8-17/h7-14,16,22H,4-6,15H2,1-3H3. The molecule has 28 heavy (non-hydrogen) atoms. The highest BCUT2D eigenvalue weighted by Gasteiger charge is 2.22. The van der Waals surface area contributed by atoms with Gasteiger partial charge in [-0.3, -0.25) is 4.79 Å². The van der Waals surface area contributed by atoms with Gasteiger partial charge in [0.15, 0.2) is 11.9 Å². The van der Waals surface area contributed by atoms with Crippen LogP contribution in [0.3, 0.4) is 0 Å². The third-order valence-electron chi connectivity index (χ3n) is 4.17. The molecule has 0 spiro atoms. The van der Waals surface area contributed by atoms with Crippen LogP contribution in [0.2, 0.25) is 5.02 Å². The number of carbonyl (C=O) groups is 2. The predicted octanol–water partition coefficient (Wildman–Crippen LogP) is 5.65. The van der Waals surface area contributed by atoms with Crippen molar-refractivity contribution in [3.63, 3.8) is 0 Å². The van der Waals surface area contributed by atoms with Crippen molar-refractivity contribution in [3.05, 3.63) is 64.7 Å².